The van der Waals surface area contributed by atoms with Gasteiger partial charge in [-0.05, 0) is 30.9 Å². The summed E-state index contributed by atoms with van der Waals surface area (Å²) in [6.45, 7) is 2.25. The third kappa shape index (κ3) is 2.85. The Morgan fingerprint density at radius 1 is 1.35 bits per heavy atom. The molecule has 2 rings (SSSR count). The van der Waals surface area contributed by atoms with E-state index in [1.54, 1.807) is 12.1 Å². The predicted molar refractivity (Wildman–Crippen MR) is 84.2 cm³/mol. The van der Waals surface area contributed by atoms with E-state index in [-0.39, 0.29) is 0 Å². The van der Waals surface area contributed by atoms with Crippen molar-refractivity contribution in [3.8, 4) is 0 Å². The molecule has 1 fully saturated rings. The molecule has 4 nitrogen and oxygen atoms in total. The molecule has 0 aromatic heterocycles. The highest BCUT2D eigenvalue weighted by Crippen LogP contribution is 2.37. The van der Waals surface area contributed by atoms with Gasteiger partial charge in [0.25, 0.3) is 5.91 Å². The number of nitrogens with two attached hydrogens (primary N) is 2. The molecule has 1 saturated carbocycles. The van der Waals surface area contributed by atoms with Gasteiger partial charge in [0.15, 0.2) is 0 Å². The van der Waals surface area contributed by atoms with Gasteiger partial charge >= 0.3 is 0 Å². The summed E-state index contributed by atoms with van der Waals surface area (Å²) in [5, 5.41) is 0.485. The van der Waals surface area contributed by atoms with Crippen LogP contribution in [0.4, 0.5) is 11.4 Å². The fraction of sp³-hybridized carbons (Fsp3) is 0.533. The van der Waals surface area contributed by atoms with E-state index in [0.29, 0.717) is 33.9 Å². The standard InChI is InChI=1S/C15H22ClN3O/c1-9-5-3-4-6-13(9)19(2)14-11(15(18)20)7-10(17)8-12(14)16/h7-9,13H,3-6,17H2,1-2H3,(H2,18,20). The second kappa shape index (κ2) is 5.92. The summed E-state index contributed by atoms with van der Waals surface area (Å²) in [5.74, 6) is 0.0765. The van der Waals surface area contributed by atoms with Crippen LogP contribution in [0.5, 0.6) is 0 Å². The number of benzene rings is 1. The van der Waals surface area contributed by atoms with Gasteiger partial charge in [-0.2, -0.15) is 0 Å². The van der Waals surface area contributed by atoms with Crippen molar-refractivity contribution in [1.29, 1.82) is 0 Å². The van der Waals surface area contributed by atoms with Crippen LogP contribution >= 0.6 is 11.6 Å². The number of hydrogen-bond acceptors (Lipinski definition) is 3. The number of rotatable bonds is 3. The zero-order valence-electron chi connectivity index (χ0n) is 12.0. The van der Waals surface area contributed by atoms with Crippen LogP contribution in [0.25, 0.3) is 0 Å². The number of halogens is 1. The lowest BCUT2D eigenvalue weighted by molar-refractivity contribution is 0.100. The Hall–Kier alpha value is -1.42. The van der Waals surface area contributed by atoms with E-state index in [2.05, 4.69) is 11.8 Å². The quantitative estimate of drug-likeness (QED) is 0.842. The van der Waals surface area contributed by atoms with E-state index >= 15 is 0 Å². The third-order valence-corrected chi connectivity index (χ3v) is 4.56. The van der Waals surface area contributed by atoms with Crippen molar-refractivity contribution >= 4 is 28.9 Å². The van der Waals surface area contributed by atoms with Crippen LogP contribution in [0.15, 0.2) is 12.1 Å². The number of carbonyl (C=O) groups excluding carboxylic acids is 1. The summed E-state index contributed by atoms with van der Waals surface area (Å²) in [4.78, 5) is 13.8. The van der Waals surface area contributed by atoms with Gasteiger partial charge in [-0.3, -0.25) is 4.79 Å². The fourth-order valence-corrected chi connectivity index (χ4v) is 3.57. The number of hydrogen-bond donors (Lipinski definition) is 2. The van der Waals surface area contributed by atoms with Crippen LogP contribution < -0.4 is 16.4 Å². The first-order valence-electron chi connectivity index (χ1n) is 7.03. The van der Waals surface area contributed by atoms with Crippen molar-refractivity contribution in [2.24, 2.45) is 11.7 Å². The maximum absolute atomic E-state index is 11.7. The van der Waals surface area contributed by atoms with Gasteiger partial charge in [0.2, 0.25) is 0 Å². The van der Waals surface area contributed by atoms with E-state index in [1.807, 2.05) is 7.05 Å². The zero-order valence-corrected chi connectivity index (χ0v) is 12.8. The van der Waals surface area contributed by atoms with Gasteiger partial charge < -0.3 is 16.4 Å². The second-order valence-electron chi connectivity index (χ2n) is 5.70. The summed E-state index contributed by atoms with van der Waals surface area (Å²) in [7, 11) is 1.98. The average Bonchev–Trinajstić information content (AvgIpc) is 2.37. The smallest absolute Gasteiger partial charge is 0.250 e. The van der Waals surface area contributed by atoms with Gasteiger partial charge in [0.1, 0.15) is 0 Å². The molecule has 0 radical (unpaired) electrons. The monoisotopic (exact) mass is 295 g/mol. The van der Waals surface area contributed by atoms with Crippen LogP contribution in [0.1, 0.15) is 43.0 Å². The highest BCUT2D eigenvalue weighted by Gasteiger charge is 2.28. The Labute approximate surface area is 125 Å². The minimum Gasteiger partial charge on any atom is -0.399 e. The first kappa shape index (κ1) is 15.0. The molecule has 1 amide bonds. The Balaban J connectivity index is 2.42. The largest absolute Gasteiger partial charge is 0.399 e. The summed E-state index contributed by atoms with van der Waals surface area (Å²) >= 11 is 6.31. The highest BCUT2D eigenvalue weighted by molar-refractivity contribution is 6.34. The maximum Gasteiger partial charge on any atom is 0.250 e. The van der Waals surface area contributed by atoms with Gasteiger partial charge in [-0.15, -0.1) is 0 Å². The number of amides is 1. The lowest BCUT2D eigenvalue weighted by atomic mass is 9.84. The molecule has 0 heterocycles. The molecule has 4 N–H and O–H groups in total. The van der Waals surface area contributed by atoms with Crippen molar-refractivity contribution < 1.29 is 4.79 Å². The molecule has 2 atom stereocenters. The number of anilines is 2. The SMILES string of the molecule is CC1CCCCC1N(C)c1c(Cl)cc(N)cc1C(N)=O. The van der Waals surface area contributed by atoms with Crippen molar-refractivity contribution in [2.45, 2.75) is 38.6 Å². The number of nitrogens with zero attached hydrogens (tertiary/aromatic N) is 1. The first-order chi connectivity index (χ1) is 9.41. The number of nitrogen functional groups attached to an aromatic ring is 1. The van der Waals surface area contributed by atoms with Crippen molar-refractivity contribution in [2.75, 3.05) is 17.7 Å². The first-order valence-corrected chi connectivity index (χ1v) is 7.41. The number of carbonyl (C=O) groups is 1. The Kier molecular flexibility index (Phi) is 4.43. The van der Waals surface area contributed by atoms with E-state index in [0.717, 1.165) is 6.42 Å². The van der Waals surface area contributed by atoms with Gasteiger partial charge in [-0.1, -0.05) is 31.4 Å². The molecule has 1 aliphatic rings. The molecule has 0 aliphatic heterocycles. The van der Waals surface area contributed by atoms with E-state index < -0.39 is 5.91 Å². The normalized spacial score (nSPS) is 22.6. The number of primary amides is 1. The predicted octanol–water partition coefficient (Wildman–Crippen LogP) is 3.04. The van der Waals surface area contributed by atoms with Gasteiger partial charge in [0, 0.05) is 18.8 Å². The van der Waals surface area contributed by atoms with Crippen LogP contribution in [0.2, 0.25) is 5.02 Å². The molecule has 0 spiro atoms. The Morgan fingerprint density at radius 3 is 2.60 bits per heavy atom. The average molecular weight is 296 g/mol. The molecule has 0 saturated heterocycles. The maximum atomic E-state index is 11.7. The summed E-state index contributed by atoms with van der Waals surface area (Å²) < 4.78 is 0. The lowest BCUT2D eigenvalue weighted by Gasteiger charge is -2.38. The van der Waals surface area contributed by atoms with E-state index in [1.165, 1.54) is 19.3 Å². The highest BCUT2D eigenvalue weighted by atomic mass is 35.5. The zero-order chi connectivity index (χ0) is 14.9. The third-order valence-electron chi connectivity index (χ3n) is 4.27. The summed E-state index contributed by atoms with van der Waals surface area (Å²) in [6.07, 6.45) is 4.78. The Morgan fingerprint density at radius 2 is 2.00 bits per heavy atom. The fourth-order valence-electron chi connectivity index (χ4n) is 3.20. The molecule has 1 aromatic carbocycles. The van der Waals surface area contributed by atoms with E-state index in [9.17, 15) is 4.79 Å². The molecular weight excluding hydrogens is 274 g/mol. The van der Waals surface area contributed by atoms with Crippen molar-refractivity contribution in [3.63, 3.8) is 0 Å². The van der Waals surface area contributed by atoms with Crippen molar-refractivity contribution in [3.05, 3.63) is 22.7 Å². The minimum atomic E-state index is -0.496. The molecule has 1 aliphatic carbocycles. The van der Waals surface area contributed by atoms with Crippen LogP contribution in [-0.2, 0) is 0 Å². The molecule has 0 bridgehead atoms. The second-order valence-corrected chi connectivity index (χ2v) is 6.11. The molecule has 1 aromatic rings. The van der Waals surface area contributed by atoms with Crippen LogP contribution in [0.3, 0.4) is 0 Å². The Bertz CT molecular complexity index is 518. The lowest BCUT2D eigenvalue weighted by Crippen LogP contribution is -2.40. The summed E-state index contributed by atoms with van der Waals surface area (Å²) in [5.41, 5.74) is 12.8. The molecule has 110 valence electrons. The van der Waals surface area contributed by atoms with Gasteiger partial charge in [-0.25, -0.2) is 0 Å². The molecule has 20 heavy (non-hydrogen) atoms. The van der Waals surface area contributed by atoms with Crippen LogP contribution in [-0.4, -0.2) is 19.0 Å². The molecular formula is C15H22ClN3O. The molecule has 5 heteroatoms. The molecule has 2 unspecified atom stereocenters. The van der Waals surface area contributed by atoms with Crippen molar-refractivity contribution in [1.82, 2.24) is 0 Å². The topological polar surface area (TPSA) is 72.3 Å². The van der Waals surface area contributed by atoms with Gasteiger partial charge in [0.05, 0.1) is 16.3 Å². The van der Waals surface area contributed by atoms with Crippen LogP contribution in [0, 0.1) is 5.92 Å². The summed E-state index contributed by atoms with van der Waals surface area (Å²) in [6, 6.07) is 3.66. The minimum absolute atomic E-state index is 0.378. The van der Waals surface area contributed by atoms with E-state index in [4.69, 9.17) is 23.1 Å².